The summed E-state index contributed by atoms with van der Waals surface area (Å²) in [4.78, 5) is 6.84. The molecule has 26 heavy (non-hydrogen) atoms. The van der Waals surface area contributed by atoms with Crippen molar-refractivity contribution in [3.63, 3.8) is 0 Å². The number of rotatable bonds is 3. The van der Waals surface area contributed by atoms with Gasteiger partial charge in [0.15, 0.2) is 0 Å². The van der Waals surface area contributed by atoms with Crippen LogP contribution in [0.15, 0.2) is 34.4 Å². The van der Waals surface area contributed by atoms with Gasteiger partial charge in [-0.3, -0.25) is 0 Å². The van der Waals surface area contributed by atoms with Crippen LogP contribution in [-0.4, -0.2) is 29.8 Å². The standard InChI is InChI=1S/C16H13F7N2O/c1-7-5-8(2)11(9(3)6-7)25-12-10(4)24-13(26-12)14(17,18)15(19,20)16(21,22)23/h5-6H,4H2,1-3H3. The molecule has 0 fully saturated rings. The van der Waals surface area contributed by atoms with E-state index >= 15 is 0 Å². The van der Waals surface area contributed by atoms with Crippen molar-refractivity contribution in [2.75, 3.05) is 0 Å². The molecule has 0 bridgehead atoms. The minimum atomic E-state index is -6.49. The van der Waals surface area contributed by atoms with Gasteiger partial charge < -0.3 is 4.74 Å². The Hall–Kier alpha value is -2.39. The van der Waals surface area contributed by atoms with Crippen LogP contribution in [0.2, 0.25) is 0 Å². The third-order valence-corrected chi connectivity index (χ3v) is 3.54. The van der Waals surface area contributed by atoms with Crippen molar-refractivity contribution >= 4 is 17.5 Å². The Morgan fingerprint density at radius 2 is 1.46 bits per heavy atom. The fraction of sp³-hybridized carbons (Fsp3) is 0.375. The summed E-state index contributed by atoms with van der Waals surface area (Å²) >= 11 is 0. The highest BCUT2D eigenvalue weighted by molar-refractivity contribution is 6.10. The predicted octanol–water partition coefficient (Wildman–Crippen LogP) is 5.42. The Balaban J connectivity index is 2.41. The molecule has 3 nitrogen and oxygen atoms in total. The van der Waals surface area contributed by atoms with Gasteiger partial charge in [-0.2, -0.15) is 30.7 Å². The summed E-state index contributed by atoms with van der Waals surface area (Å²) < 4.78 is 94.8. The molecule has 1 aromatic rings. The van der Waals surface area contributed by atoms with Crippen molar-refractivity contribution in [2.24, 2.45) is 9.98 Å². The van der Waals surface area contributed by atoms with E-state index in [4.69, 9.17) is 0 Å². The van der Waals surface area contributed by atoms with Gasteiger partial charge in [-0.1, -0.05) is 24.3 Å². The highest BCUT2D eigenvalue weighted by Gasteiger charge is 2.76. The van der Waals surface area contributed by atoms with E-state index in [1.54, 1.807) is 26.0 Å². The highest BCUT2D eigenvalue weighted by atomic mass is 19.4. The second-order valence-corrected chi connectivity index (χ2v) is 5.78. The molecule has 10 heteroatoms. The maximum atomic E-state index is 13.7. The molecule has 0 saturated heterocycles. The lowest BCUT2D eigenvalue weighted by atomic mass is 10.1. The van der Waals surface area contributed by atoms with Gasteiger partial charge in [-0.05, 0) is 31.9 Å². The molecule has 0 amide bonds. The predicted molar refractivity (Wildman–Crippen MR) is 81.4 cm³/mol. The summed E-state index contributed by atoms with van der Waals surface area (Å²) in [5, 5.41) is 0. The zero-order valence-corrected chi connectivity index (χ0v) is 13.8. The van der Waals surface area contributed by atoms with Gasteiger partial charge in [-0.15, -0.1) is 0 Å². The maximum absolute atomic E-state index is 13.7. The molecular weight excluding hydrogens is 369 g/mol. The van der Waals surface area contributed by atoms with Crippen molar-refractivity contribution in [2.45, 2.75) is 38.8 Å². The molecule has 0 radical (unpaired) electrons. The summed E-state index contributed by atoms with van der Waals surface area (Å²) in [6.45, 7) is 8.34. The fourth-order valence-corrected chi connectivity index (χ4v) is 2.33. The van der Waals surface area contributed by atoms with Crippen LogP contribution in [0.25, 0.3) is 0 Å². The first-order chi connectivity index (χ1) is 11.7. The number of ether oxygens (including phenoxy) is 1. The quantitative estimate of drug-likeness (QED) is 0.643. The minimum Gasteiger partial charge on any atom is -0.416 e. The van der Waals surface area contributed by atoms with Crippen molar-refractivity contribution < 1.29 is 35.5 Å². The molecule has 0 spiro atoms. The Labute approximate surface area is 143 Å². The molecule has 0 aliphatic carbocycles. The average Bonchev–Trinajstić information content (AvgIpc) is 2.83. The summed E-state index contributed by atoms with van der Waals surface area (Å²) in [6.07, 6.45) is -6.49. The molecular formula is C16H13F7N2O. The van der Waals surface area contributed by atoms with Gasteiger partial charge >= 0.3 is 18.0 Å². The Morgan fingerprint density at radius 1 is 0.962 bits per heavy atom. The molecule has 1 heterocycles. The van der Waals surface area contributed by atoms with E-state index in [9.17, 15) is 30.7 Å². The van der Waals surface area contributed by atoms with E-state index in [0.29, 0.717) is 11.1 Å². The zero-order valence-electron chi connectivity index (χ0n) is 13.8. The third kappa shape index (κ3) is 3.19. The first-order valence-corrected chi connectivity index (χ1v) is 7.13. The smallest absolute Gasteiger partial charge is 0.416 e. The molecule has 0 N–H and O–H groups in total. The molecule has 1 aliphatic rings. The number of benzene rings is 1. The number of hydrogen-bond acceptors (Lipinski definition) is 3. The van der Waals surface area contributed by atoms with E-state index in [1.165, 1.54) is 0 Å². The van der Waals surface area contributed by atoms with Crippen molar-refractivity contribution in [1.82, 2.24) is 0 Å². The van der Waals surface area contributed by atoms with Gasteiger partial charge in [0, 0.05) is 0 Å². The fourth-order valence-electron chi connectivity index (χ4n) is 2.33. The van der Waals surface area contributed by atoms with Crippen LogP contribution in [0.4, 0.5) is 36.4 Å². The lowest BCUT2D eigenvalue weighted by Gasteiger charge is -2.26. The first-order valence-electron chi connectivity index (χ1n) is 7.13. The number of hydrogen-bond donors (Lipinski definition) is 0. The van der Waals surface area contributed by atoms with Gasteiger partial charge in [0.2, 0.25) is 5.90 Å². The lowest BCUT2D eigenvalue weighted by molar-refractivity contribution is -0.338. The van der Waals surface area contributed by atoms with Crippen LogP contribution >= 0.6 is 0 Å². The molecule has 1 aliphatic heterocycles. The molecule has 0 saturated carbocycles. The number of alkyl halides is 7. The number of nitrogens with zero attached hydrogens (tertiary/aromatic N) is 2. The van der Waals surface area contributed by atoms with Crippen LogP contribution in [0.1, 0.15) is 16.7 Å². The molecule has 0 atom stereocenters. The van der Waals surface area contributed by atoms with Crippen LogP contribution in [0.5, 0.6) is 0 Å². The SMILES string of the molecule is C=C1N=C(C(F)(F)C(F)(F)C(F)(F)F)OC1=Nc1c(C)cc(C)cc1C. The van der Waals surface area contributed by atoms with E-state index in [-0.39, 0.29) is 5.69 Å². The summed E-state index contributed by atoms with van der Waals surface area (Å²) in [5.74, 6) is -14.9. The van der Waals surface area contributed by atoms with Crippen molar-refractivity contribution in [3.8, 4) is 0 Å². The molecule has 1 aromatic carbocycles. The summed E-state index contributed by atoms with van der Waals surface area (Å²) in [6, 6.07) is 3.44. The zero-order chi connectivity index (χ0) is 20.1. The van der Waals surface area contributed by atoms with Crippen molar-refractivity contribution in [1.29, 1.82) is 0 Å². The monoisotopic (exact) mass is 382 g/mol. The minimum absolute atomic E-state index is 0.286. The lowest BCUT2D eigenvalue weighted by Crippen LogP contribution is -2.56. The summed E-state index contributed by atoms with van der Waals surface area (Å²) in [7, 11) is 0. The first kappa shape index (κ1) is 19.9. The molecule has 2 rings (SSSR count). The Kier molecular flexibility index (Phi) is 4.67. The van der Waals surface area contributed by atoms with Crippen LogP contribution in [-0.2, 0) is 4.74 Å². The molecule has 0 aromatic heterocycles. The average molecular weight is 382 g/mol. The van der Waals surface area contributed by atoms with Gasteiger partial charge in [0.05, 0.1) is 5.69 Å². The highest BCUT2D eigenvalue weighted by Crippen LogP contribution is 2.48. The topological polar surface area (TPSA) is 34.0 Å². The van der Waals surface area contributed by atoms with Crippen LogP contribution in [0, 0.1) is 20.8 Å². The van der Waals surface area contributed by atoms with E-state index in [2.05, 4.69) is 21.3 Å². The Morgan fingerprint density at radius 3 is 1.92 bits per heavy atom. The van der Waals surface area contributed by atoms with E-state index in [0.717, 1.165) is 5.56 Å². The van der Waals surface area contributed by atoms with Crippen LogP contribution in [0.3, 0.4) is 0 Å². The number of aliphatic imine (C=N–C) groups is 2. The second kappa shape index (κ2) is 6.10. The second-order valence-electron chi connectivity index (χ2n) is 5.78. The Bertz CT molecular complexity index is 799. The molecule has 0 unspecified atom stereocenters. The largest absolute Gasteiger partial charge is 0.460 e. The van der Waals surface area contributed by atoms with Crippen molar-refractivity contribution in [3.05, 3.63) is 41.1 Å². The number of aryl methyl sites for hydroxylation is 3. The summed E-state index contributed by atoms with van der Waals surface area (Å²) in [5.41, 5.74) is 1.83. The van der Waals surface area contributed by atoms with Gasteiger partial charge in [-0.25, -0.2) is 9.98 Å². The molecule has 142 valence electrons. The maximum Gasteiger partial charge on any atom is 0.460 e. The van der Waals surface area contributed by atoms with Crippen LogP contribution < -0.4 is 0 Å². The van der Waals surface area contributed by atoms with Gasteiger partial charge in [0.1, 0.15) is 5.70 Å². The van der Waals surface area contributed by atoms with E-state index in [1.807, 2.05) is 6.92 Å². The van der Waals surface area contributed by atoms with E-state index < -0.39 is 35.5 Å². The third-order valence-electron chi connectivity index (χ3n) is 3.54. The number of halogens is 7. The van der Waals surface area contributed by atoms with Gasteiger partial charge in [0.25, 0.3) is 5.90 Å². The normalized spacial score (nSPS) is 17.5.